The molecule has 0 spiro atoms. The number of fused-ring (bicyclic) bond motifs is 5. The van der Waals surface area contributed by atoms with Crippen molar-refractivity contribution >= 4 is 44.6 Å². The minimum Gasteiger partial charge on any atom is -0.509 e. The van der Waals surface area contributed by atoms with E-state index >= 15 is 0 Å². The molecule has 0 atom stereocenters. The number of nitrogens with zero attached hydrogens (tertiary/aromatic N) is 4. The predicted molar refractivity (Wildman–Crippen MR) is 306 cm³/mol. The van der Waals surface area contributed by atoms with Gasteiger partial charge < -0.3 is 19.1 Å². The summed E-state index contributed by atoms with van der Waals surface area (Å²) in [5.41, 5.74) is 7.57. The Hall–Kier alpha value is -7.98. The van der Waals surface area contributed by atoms with E-state index in [0.29, 0.717) is 44.8 Å². The van der Waals surface area contributed by atoms with E-state index in [1.54, 1.807) is 54.6 Å². The molecule has 6 heteroatoms. The first-order valence-electron chi connectivity index (χ1n) is 32.0. The first-order valence-corrected chi connectivity index (χ1v) is 24.5. The number of hydrogen-bond acceptors (Lipinski definition) is 4. The van der Waals surface area contributed by atoms with E-state index in [-0.39, 0.29) is 118 Å². The maximum absolute atomic E-state index is 9.92. The monoisotopic (exact) mass is 1170 g/mol. The van der Waals surface area contributed by atoms with Crippen LogP contribution in [0.5, 0.6) is 11.5 Å². The number of rotatable bonds is 9. The molecule has 1 aliphatic carbocycles. The van der Waals surface area contributed by atoms with Crippen molar-refractivity contribution in [2.45, 2.75) is 58.2 Å². The second-order valence-corrected chi connectivity index (χ2v) is 20.0. The van der Waals surface area contributed by atoms with E-state index in [9.17, 15) is 4.11 Å². The summed E-state index contributed by atoms with van der Waals surface area (Å²) in [4.78, 5) is 8.64. The zero-order chi connectivity index (χ0) is 63.1. The molecule has 75 heavy (non-hydrogen) atoms. The van der Waals surface area contributed by atoms with Gasteiger partial charge in [-0.05, 0) is 111 Å². The van der Waals surface area contributed by atoms with Crippen LogP contribution in [-0.4, -0.2) is 9.55 Å². The van der Waals surface area contributed by atoms with Crippen LogP contribution in [0, 0.1) is 25.7 Å². The van der Waals surface area contributed by atoms with Gasteiger partial charge in [-0.1, -0.05) is 179 Å². The van der Waals surface area contributed by atoms with Crippen LogP contribution in [0.1, 0.15) is 77.8 Å². The molecule has 3 heterocycles. The van der Waals surface area contributed by atoms with Crippen LogP contribution in [0.2, 0.25) is 0 Å². The average Bonchev–Trinajstić information content (AvgIpc) is 1.56. The van der Waals surface area contributed by atoms with Gasteiger partial charge in [0.25, 0.3) is 0 Å². The van der Waals surface area contributed by atoms with E-state index in [0.717, 1.165) is 24.0 Å². The number of hydrogen-bond donors (Lipinski definition) is 0. The molecule has 9 aromatic carbocycles. The van der Waals surface area contributed by atoms with Crippen LogP contribution in [0.15, 0.2) is 212 Å². The minimum absolute atomic E-state index is 0. The number of anilines is 4. The molecule has 5 nitrogen and oxygen atoms in total. The zero-order valence-corrected chi connectivity index (χ0v) is 43.6. The molecule has 1 aliphatic heterocycles. The van der Waals surface area contributed by atoms with Crippen molar-refractivity contribution < 1.29 is 46.4 Å². The van der Waals surface area contributed by atoms with Crippen molar-refractivity contribution in [2.24, 2.45) is 0 Å². The Bertz CT molecular complexity index is 4770. The zero-order valence-electron chi connectivity index (χ0n) is 56.3. The fourth-order valence-corrected chi connectivity index (χ4v) is 10.6. The van der Waals surface area contributed by atoms with E-state index in [2.05, 4.69) is 58.0 Å². The van der Waals surface area contributed by atoms with Gasteiger partial charge in [0, 0.05) is 82.1 Å². The first kappa shape index (κ1) is 33.8. The maximum atomic E-state index is 9.92. The SMILES string of the molecule is [2H]c1cc(-c2c([2H])c([2H])c([2H])c([2H])c2[2H])c([2H])c(-c2cccc(-c3ccc4c(c3)C(C)(C)CCC4(C)C)c2N2[CH-]N(c3[c-]c(Oc4[c-]c5c(cc4)c4c([2H])c([2H])c([2H])c([2H])c4n5-c4cc(C([2H])([2H])[2H])c(-c5ccccc5)cn4)ccc3)c3ccccc32)c1[2H].[Pt]. The summed E-state index contributed by atoms with van der Waals surface area (Å²) in [6.07, 6.45) is 3.42. The molecular formula is C69H55N4OPt-3. The molecule has 2 aliphatic rings. The molecule has 0 N–H and O–H groups in total. The molecule has 0 fully saturated rings. The van der Waals surface area contributed by atoms with Crippen LogP contribution in [0.25, 0.3) is 72.1 Å². The van der Waals surface area contributed by atoms with Gasteiger partial charge in [-0.3, -0.25) is 0 Å². The van der Waals surface area contributed by atoms with Crippen LogP contribution in [-0.2, 0) is 31.9 Å². The molecule has 13 rings (SSSR count). The molecule has 0 saturated carbocycles. The van der Waals surface area contributed by atoms with E-state index in [1.807, 2.05) is 65.0 Å². The van der Waals surface area contributed by atoms with Crippen LogP contribution in [0.4, 0.5) is 22.7 Å². The third kappa shape index (κ3) is 8.54. The van der Waals surface area contributed by atoms with Crippen molar-refractivity contribution in [1.82, 2.24) is 9.55 Å². The largest absolute Gasteiger partial charge is 0.509 e. The molecule has 370 valence electrons. The standard InChI is InChI=1S/C69H55N4O.Pt/c1-46-39-66(70-44-59(46)48-21-10-7-11-22-48)73-62-30-13-12-27-57(62)58-35-34-54(43-65(58)73)74-53-26-17-25-52(42-53)71-45-72(64-32-15-14-31-63(64)71)67-55(50-24-16-23-49(40-50)47-19-8-6-9-20-47)28-18-29-56(67)51-33-36-60-61(41-51)69(4,5)38-37-68(60,2)3;/h6-36,39-41,44-45H,37-38H2,1-5H3;/q-3;/i1D3,6D,8D,9D,12D,13D,16D,19D,20D,24D,27D,30D,40D;. The average molecular weight is 1170 g/mol. The summed E-state index contributed by atoms with van der Waals surface area (Å²) in [5.74, 6) is 0.497. The number of pyridine rings is 1. The summed E-state index contributed by atoms with van der Waals surface area (Å²) in [5, 5.41) is 0.575. The van der Waals surface area contributed by atoms with Gasteiger partial charge in [-0.2, -0.15) is 12.1 Å². The second-order valence-electron chi connectivity index (χ2n) is 20.0. The summed E-state index contributed by atoms with van der Waals surface area (Å²) in [6.45, 7) is 8.29. The van der Waals surface area contributed by atoms with E-state index in [4.69, 9.17) is 26.2 Å². The molecule has 11 aromatic rings. The van der Waals surface area contributed by atoms with Crippen molar-refractivity contribution in [3.63, 3.8) is 0 Å². The second kappa shape index (κ2) is 19.1. The molecular weight excluding hydrogens is 1100 g/mol. The Kier molecular flexibility index (Phi) is 8.58. The predicted octanol–water partition coefficient (Wildman–Crippen LogP) is 18.3. The number of ether oxygens (including phenoxy) is 1. The molecule has 0 radical (unpaired) electrons. The van der Waals surface area contributed by atoms with Gasteiger partial charge >= 0.3 is 0 Å². The minimum atomic E-state index is -2.61. The molecule has 0 bridgehead atoms. The maximum Gasteiger partial charge on any atom is 0.135 e. The Morgan fingerprint density at radius 3 is 2.09 bits per heavy atom. The fourth-order valence-electron chi connectivity index (χ4n) is 10.6. The summed E-state index contributed by atoms with van der Waals surface area (Å²) < 4.78 is 141. The van der Waals surface area contributed by atoms with Gasteiger partial charge in [0.2, 0.25) is 0 Å². The van der Waals surface area contributed by atoms with Gasteiger partial charge in [0.05, 0.1) is 16.4 Å². The summed E-state index contributed by atoms with van der Waals surface area (Å²) in [6, 6.07) is 41.5. The molecule has 0 amide bonds. The number of aryl methyl sites for hydroxylation is 1. The van der Waals surface area contributed by atoms with Gasteiger partial charge in [-0.15, -0.1) is 48.1 Å². The van der Waals surface area contributed by atoms with Crippen molar-refractivity contribution in [2.75, 3.05) is 9.80 Å². The molecule has 0 unspecified atom stereocenters. The van der Waals surface area contributed by atoms with Crippen LogP contribution in [0.3, 0.4) is 0 Å². The summed E-state index contributed by atoms with van der Waals surface area (Å²) >= 11 is 0. The van der Waals surface area contributed by atoms with Gasteiger partial charge in [-0.25, -0.2) is 4.98 Å². The molecule has 2 aromatic heterocycles. The topological polar surface area (TPSA) is 33.5 Å². The third-order valence-corrected chi connectivity index (χ3v) is 14.5. The Morgan fingerprint density at radius 1 is 0.573 bits per heavy atom. The first-order chi connectivity index (χ1) is 42.3. The quantitative estimate of drug-likeness (QED) is 0.135. The van der Waals surface area contributed by atoms with Gasteiger partial charge in [0.1, 0.15) is 5.82 Å². The third-order valence-electron chi connectivity index (χ3n) is 14.5. The Balaban J connectivity index is 0.00000785. The summed E-state index contributed by atoms with van der Waals surface area (Å²) in [7, 11) is 0. The van der Waals surface area contributed by atoms with Crippen LogP contribution >= 0.6 is 0 Å². The van der Waals surface area contributed by atoms with Crippen molar-refractivity contribution in [3.8, 4) is 61.8 Å². The Morgan fingerprint density at radius 2 is 1.28 bits per heavy atom. The smallest absolute Gasteiger partial charge is 0.135 e. The number of para-hydroxylation sites is 4. The van der Waals surface area contributed by atoms with Gasteiger partial charge in [0.15, 0.2) is 0 Å². The molecule has 0 saturated heterocycles. The van der Waals surface area contributed by atoms with Crippen molar-refractivity contribution in [1.29, 1.82) is 0 Å². The normalized spacial score (nSPS) is 17.4. The van der Waals surface area contributed by atoms with E-state index < -0.39 is 49.1 Å². The number of aromatic nitrogens is 2. The van der Waals surface area contributed by atoms with Crippen molar-refractivity contribution in [3.05, 3.63) is 248 Å². The fraction of sp³-hybridized carbons (Fsp3) is 0.130. The number of benzene rings is 9. The Labute approximate surface area is 476 Å². The van der Waals surface area contributed by atoms with Crippen LogP contribution < -0.4 is 14.5 Å². The van der Waals surface area contributed by atoms with E-state index in [1.165, 1.54) is 34.0 Å².